The van der Waals surface area contributed by atoms with Crippen LogP contribution in [0.3, 0.4) is 0 Å². The van der Waals surface area contributed by atoms with Gasteiger partial charge in [0.25, 0.3) is 0 Å². The summed E-state index contributed by atoms with van der Waals surface area (Å²) in [4.78, 5) is 14.0. The minimum absolute atomic E-state index is 0.0267. The molecule has 0 unspecified atom stereocenters. The van der Waals surface area contributed by atoms with E-state index >= 15 is 0 Å². The highest BCUT2D eigenvalue weighted by Gasteiger charge is 2.40. The van der Waals surface area contributed by atoms with Crippen LogP contribution in [0.5, 0.6) is 0 Å². The second-order valence-electron chi connectivity index (χ2n) is 4.32. The number of alkyl halides is 3. The van der Waals surface area contributed by atoms with Crippen LogP contribution >= 0.6 is 10.8 Å². The van der Waals surface area contributed by atoms with Gasteiger partial charge in [-0.15, -0.1) is 10.8 Å². The predicted octanol–water partition coefficient (Wildman–Crippen LogP) is 3.07. The highest BCUT2D eigenvalue weighted by molar-refractivity contribution is 8.25. The second kappa shape index (κ2) is 5.24. The van der Waals surface area contributed by atoms with Crippen LogP contribution in [0.2, 0.25) is 0 Å². The fourth-order valence-corrected chi connectivity index (χ4v) is 3.54. The Morgan fingerprint density at radius 1 is 1.43 bits per heavy atom. The Hall–Kier alpha value is -1.72. The molecule has 1 aliphatic heterocycles. The van der Waals surface area contributed by atoms with Crippen molar-refractivity contribution in [3.05, 3.63) is 17.8 Å². The van der Waals surface area contributed by atoms with E-state index in [1.807, 2.05) is 0 Å². The van der Waals surface area contributed by atoms with Gasteiger partial charge in [0.05, 0.1) is 17.6 Å². The van der Waals surface area contributed by atoms with Crippen molar-refractivity contribution in [3.8, 4) is 0 Å². The molecule has 1 aromatic heterocycles. The van der Waals surface area contributed by atoms with E-state index in [1.54, 1.807) is 5.32 Å². The number of rotatable bonds is 2. The van der Waals surface area contributed by atoms with Crippen LogP contribution in [0, 0.1) is 0 Å². The van der Waals surface area contributed by atoms with Gasteiger partial charge < -0.3 is 5.11 Å². The quantitative estimate of drug-likeness (QED) is 0.665. The van der Waals surface area contributed by atoms with Crippen molar-refractivity contribution in [1.29, 1.82) is 0 Å². The molecule has 7 nitrogen and oxygen atoms in total. The van der Waals surface area contributed by atoms with Crippen molar-refractivity contribution in [2.75, 3.05) is 21.9 Å². The van der Waals surface area contributed by atoms with Crippen LogP contribution < -0.4 is 9.62 Å². The molecule has 2 heterocycles. The highest BCUT2D eigenvalue weighted by Crippen LogP contribution is 2.52. The fraction of sp³-hybridized carbons (Fsp3) is 0.400. The molecule has 4 N–H and O–H groups in total. The number of amides is 1. The summed E-state index contributed by atoms with van der Waals surface area (Å²) in [5.74, 6) is -0.642. The van der Waals surface area contributed by atoms with Crippen molar-refractivity contribution in [1.82, 2.24) is 4.98 Å². The Morgan fingerprint density at radius 2 is 2.10 bits per heavy atom. The predicted molar refractivity (Wildman–Crippen MR) is 70.6 cm³/mol. The first kappa shape index (κ1) is 15.7. The molecule has 11 heteroatoms. The summed E-state index contributed by atoms with van der Waals surface area (Å²) in [5.41, 5.74) is -1.58. The minimum Gasteiger partial charge on any atom is -0.465 e. The second-order valence-corrected chi connectivity index (χ2v) is 6.43. The topological polar surface area (TPSA) is 106 Å². The Labute approximate surface area is 118 Å². The van der Waals surface area contributed by atoms with Crippen molar-refractivity contribution < 1.29 is 32.2 Å². The summed E-state index contributed by atoms with van der Waals surface area (Å²) in [6.45, 7) is 0.0319. The Balaban J connectivity index is 2.48. The van der Waals surface area contributed by atoms with E-state index < -0.39 is 34.4 Å². The molecular formula is C10H12F3N3O4S. The first-order chi connectivity index (χ1) is 9.61. The van der Waals surface area contributed by atoms with Gasteiger partial charge in [-0.1, -0.05) is 0 Å². The normalized spacial score (nSPS) is 19.4. The van der Waals surface area contributed by atoms with Crippen molar-refractivity contribution in [2.24, 2.45) is 0 Å². The van der Waals surface area contributed by atoms with Crippen molar-refractivity contribution >= 4 is 28.4 Å². The lowest BCUT2D eigenvalue weighted by Crippen LogP contribution is -2.26. The standard InChI is InChI=1S/C10H12F3N3O4S/c11-10(12,13)7-4-6(15-9(17)18)5-14-8(7)16-2-1-3-21(16,19)20/h4-5,15,19-20H,1-3H2,(H,17,18). The van der Waals surface area contributed by atoms with Gasteiger partial charge in [0.15, 0.2) is 5.82 Å². The van der Waals surface area contributed by atoms with Crippen molar-refractivity contribution in [3.63, 3.8) is 0 Å². The van der Waals surface area contributed by atoms with E-state index in [2.05, 4.69) is 4.98 Å². The summed E-state index contributed by atoms with van der Waals surface area (Å²) < 4.78 is 59.6. The molecule has 1 fully saturated rings. The average molecular weight is 327 g/mol. The van der Waals surface area contributed by atoms with Gasteiger partial charge >= 0.3 is 12.3 Å². The Kier molecular flexibility index (Phi) is 3.91. The third-order valence-corrected chi connectivity index (χ3v) is 4.69. The lowest BCUT2D eigenvalue weighted by Gasteiger charge is -2.38. The summed E-state index contributed by atoms with van der Waals surface area (Å²) in [5, 5.41) is 10.3. The maximum absolute atomic E-state index is 13.1. The third kappa shape index (κ3) is 3.31. The molecule has 2 rings (SSSR count). The summed E-state index contributed by atoms with van der Waals surface area (Å²) in [6, 6.07) is 0.574. The molecule has 1 aromatic rings. The molecule has 0 bridgehead atoms. The number of hydrogen-bond acceptors (Lipinski definition) is 5. The number of aromatic nitrogens is 1. The van der Waals surface area contributed by atoms with E-state index in [0.29, 0.717) is 12.5 Å². The molecule has 1 aliphatic rings. The fourth-order valence-electron chi connectivity index (χ4n) is 1.96. The van der Waals surface area contributed by atoms with Gasteiger partial charge in [-0.25, -0.2) is 9.78 Å². The number of nitrogens with one attached hydrogen (secondary N) is 1. The van der Waals surface area contributed by atoms with Gasteiger partial charge in [-0.2, -0.15) is 13.2 Å². The molecule has 0 radical (unpaired) electrons. The van der Waals surface area contributed by atoms with Crippen LogP contribution in [0.1, 0.15) is 12.0 Å². The molecule has 1 amide bonds. The smallest absolute Gasteiger partial charge is 0.420 e. The number of anilines is 2. The Morgan fingerprint density at radius 3 is 2.57 bits per heavy atom. The monoisotopic (exact) mass is 327 g/mol. The Bertz CT molecular complexity index is 567. The molecule has 0 aromatic carbocycles. The number of nitrogens with zero attached hydrogens (tertiary/aromatic N) is 2. The molecule has 118 valence electrons. The van der Waals surface area contributed by atoms with Gasteiger partial charge in [-0.05, 0) is 12.5 Å². The maximum Gasteiger partial charge on any atom is 0.420 e. The van der Waals surface area contributed by atoms with Gasteiger partial charge in [-0.3, -0.25) is 18.7 Å². The first-order valence-electron chi connectivity index (χ1n) is 5.72. The zero-order valence-electron chi connectivity index (χ0n) is 10.5. The van der Waals surface area contributed by atoms with E-state index in [-0.39, 0.29) is 18.0 Å². The summed E-state index contributed by atoms with van der Waals surface area (Å²) in [7, 11) is -3.32. The number of pyridine rings is 1. The average Bonchev–Trinajstić information content (AvgIpc) is 2.67. The number of carboxylic acid groups (broad SMARTS) is 1. The van der Waals surface area contributed by atoms with Crippen LogP contribution in [0.15, 0.2) is 12.3 Å². The summed E-state index contributed by atoms with van der Waals surface area (Å²) >= 11 is 0. The van der Waals surface area contributed by atoms with Crippen molar-refractivity contribution in [2.45, 2.75) is 12.6 Å². The number of carbonyl (C=O) groups is 1. The molecule has 1 saturated heterocycles. The van der Waals surface area contributed by atoms with Gasteiger partial charge in [0.2, 0.25) is 0 Å². The summed E-state index contributed by atoms with van der Waals surface area (Å²) in [6.07, 6.45) is -5.11. The first-order valence-corrected chi connectivity index (χ1v) is 7.39. The van der Waals surface area contributed by atoms with Crippen LogP contribution in [-0.2, 0) is 6.18 Å². The van der Waals surface area contributed by atoms with Gasteiger partial charge in [0.1, 0.15) is 5.56 Å². The van der Waals surface area contributed by atoms with Crippen LogP contribution in [0.4, 0.5) is 29.5 Å². The van der Waals surface area contributed by atoms with E-state index in [9.17, 15) is 27.1 Å². The van der Waals surface area contributed by atoms with Crippen LogP contribution in [0.25, 0.3) is 0 Å². The lowest BCUT2D eigenvalue weighted by atomic mass is 10.2. The highest BCUT2D eigenvalue weighted by atomic mass is 32.3. The SMILES string of the molecule is O=C(O)Nc1cnc(N2CCCS2(O)O)c(C(F)(F)F)c1. The largest absolute Gasteiger partial charge is 0.465 e. The lowest BCUT2D eigenvalue weighted by molar-refractivity contribution is -0.137. The third-order valence-electron chi connectivity index (χ3n) is 2.79. The maximum atomic E-state index is 13.1. The number of hydrogen-bond donors (Lipinski definition) is 4. The molecule has 0 aliphatic carbocycles. The molecule has 21 heavy (non-hydrogen) atoms. The van der Waals surface area contributed by atoms with E-state index in [0.717, 1.165) is 10.5 Å². The van der Waals surface area contributed by atoms with Gasteiger partial charge in [0, 0.05) is 6.54 Å². The van der Waals surface area contributed by atoms with E-state index in [4.69, 9.17) is 5.11 Å². The minimum atomic E-state index is -4.81. The van der Waals surface area contributed by atoms with Crippen LogP contribution in [-0.4, -0.2) is 37.6 Å². The van der Waals surface area contributed by atoms with E-state index in [1.165, 1.54) is 0 Å². The molecule has 0 atom stereocenters. The molecule has 0 saturated carbocycles. The molecule has 0 spiro atoms. The zero-order valence-corrected chi connectivity index (χ0v) is 11.3. The molecular weight excluding hydrogens is 315 g/mol. The number of halogens is 3. The zero-order chi connectivity index (χ0) is 15.8.